The van der Waals surface area contributed by atoms with Crippen molar-refractivity contribution in [1.82, 2.24) is 4.98 Å². The number of carboxylic acids is 1. The van der Waals surface area contributed by atoms with Crippen molar-refractivity contribution < 1.29 is 27.8 Å². The van der Waals surface area contributed by atoms with Gasteiger partial charge in [0.15, 0.2) is 6.61 Å². The van der Waals surface area contributed by atoms with Crippen LogP contribution in [0.25, 0.3) is 0 Å². The Morgan fingerprint density at radius 2 is 2.12 bits per heavy atom. The molecule has 0 saturated heterocycles. The Labute approximate surface area is 148 Å². The van der Waals surface area contributed by atoms with Crippen molar-refractivity contribution in [2.45, 2.75) is 6.18 Å². The average molecular weight is 418 g/mol. The fraction of sp³-hybridized carbons (Fsp3) is 0.133. The van der Waals surface area contributed by atoms with Crippen LogP contribution in [0.15, 0.2) is 46.1 Å². The van der Waals surface area contributed by atoms with Gasteiger partial charge in [-0.15, -0.1) is 0 Å². The third kappa shape index (κ3) is 5.75. The summed E-state index contributed by atoms with van der Waals surface area (Å²) < 4.78 is 42.9. The van der Waals surface area contributed by atoms with E-state index in [1.54, 1.807) is 18.2 Å². The molecule has 0 spiro atoms. The predicted molar refractivity (Wildman–Crippen MR) is 87.7 cm³/mol. The minimum absolute atomic E-state index is 0.157. The first-order valence-electron chi connectivity index (χ1n) is 6.72. The van der Waals surface area contributed by atoms with E-state index in [9.17, 15) is 18.0 Å². The average Bonchev–Trinajstić information content (AvgIpc) is 2.53. The number of hydrogen-bond donors (Lipinski definition) is 2. The Kier molecular flexibility index (Phi) is 5.97. The fourth-order valence-electron chi connectivity index (χ4n) is 1.65. The highest BCUT2D eigenvalue weighted by molar-refractivity contribution is 9.10. The summed E-state index contributed by atoms with van der Waals surface area (Å²) in [5, 5.41) is 12.4. The highest BCUT2D eigenvalue weighted by Crippen LogP contribution is 2.29. The number of hydrogen-bond acceptors (Lipinski definition) is 5. The van der Waals surface area contributed by atoms with Crippen LogP contribution in [-0.2, 0) is 11.0 Å². The number of halogens is 4. The van der Waals surface area contributed by atoms with Crippen LogP contribution in [0.4, 0.5) is 19.0 Å². The number of carbonyl (C=O) groups is 1. The first-order valence-corrected chi connectivity index (χ1v) is 7.51. The highest BCUT2D eigenvalue weighted by atomic mass is 79.9. The maximum Gasteiger partial charge on any atom is 0.417 e. The second-order valence-electron chi connectivity index (χ2n) is 4.67. The predicted octanol–water partition coefficient (Wildman–Crippen LogP) is 3.77. The molecule has 0 unspecified atom stereocenters. The van der Waals surface area contributed by atoms with Gasteiger partial charge in [-0.2, -0.15) is 18.3 Å². The topological polar surface area (TPSA) is 83.8 Å². The lowest BCUT2D eigenvalue weighted by atomic mass is 10.2. The summed E-state index contributed by atoms with van der Waals surface area (Å²) >= 11 is 3.24. The first-order chi connectivity index (χ1) is 11.8. The van der Waals surface area contributed by atoms with Crippen LogP contribution in [0, 0.1) is 0 Å². The molecule has 0 atom stereocenters. The Bertz CT molecular complexity index is 780. The van der Waals surface area contributed by atoms with Crippen molar-refractivity contribution in [2.24, 2.45) is 5.10 Å². The quantitative estimate of drug-likeness (QED) is 0.551. The van der Waals surface area contributed by atoms with E-state index >= 15 is 0 Å². The van der Waals surface area contributed by atoms with Crippen molar-refractivity contribution in [3.05, 3.63) is 52.1 Å². The number of nitrogens with zero attached hydrogens (tertiary/aromatic N) is 2. The van der Waals surface area contributed by atoms with Gasteiger partial charge in [0, 0.05) is 6.20 Å². The molecule has 0 aliphatic heterocycles. The summed E-state index contributed by atoms with van der Waals surface area (Å²) in [5.74, 6) is -0.576. The zero-order valence-corrected chi connectivity index (χ0v) is 14.0. The molecular formula is C15H11BrF3N3O3. The van der Waals surface area contributed by atoms with Crippen molar-refractivity contribution in [1.29, 1.82) is 0 Å². The number of aliphatic carboxylic acids is 1. The molecule has 0 saturated carbocycles. The lowest BCUT2D eigenvalue weighted by Gasteiger charge is -2.07. The van der Waals surface area contributed by atoms with Gasteiger partial charge in [-0.25, -0.2) is 9.78 Å². The number of benzene rings is 1. The zero-order chi connectivity index (χ0) is 18.4. The van der Waals surface area contributed by atoms with Gasteiger partial charge in [-0.05, 0) is 51.8 Å². The summed E-state index contributed by atoms with van der Waals surface area (Å²) in [7, 11) is 0. The zero-order valence-electron chi connectivity index (χ0n) is 12.4. The number of aromatic nitrogens is 1. The lowest BCUT2D eigenvalue weighted by molar-refractivity contribution is -0.139. The molecule has 1 heterocycles. The van der Waals surface area contributed by atoms with Crippen LogP contribution in [0.3, 0.4) is 0 Å². The largest absolute Gasteiger partial charge is 0.481 e. The number of ether oxygens (including phenoxy) is 1. The van der Waals surface area contributed by atoms with Crippen LogP contribution >= 0.6 is 15.9 Å². The van der Waals surface area contributed by atoms with Crippen molar-refractivity contribution >= 4 is 33.9 Å². The van der Waals surface area contributed by atoms with Crippen molar-refractivity contribution in [2.75, 3.05) is 12.0 Å². The minimum atomic E-state index is -4.44. The number of hydrazone groups is 1. The van der Waals surface area contributed by atoms with Gasteiger partial charge < -0.3 is 9.84 Å². The third-order valence-corrected chi connectivity index (χ3v) is 3.41. The second kappa shape index (κ2) is 7.97. The number of carboxylic acid groups (broad SMARTS) is 1. The number of alkyl halides is 3. The van der Waals surface area contributed by atoms with E-state index in [0.29, 0.717) is 22.0 Å². The van der Waals surface area contributed by atoms with E-state index in [1.807, 2.05) is 0 Å². The van der Waals surface area contributed by atoms with Crippen LogP contribution in [0.1, 0.15) is 11.1 Å². The van der Waals surface area contributed by atoms with Gasteiger partial charge in [0.05, 0.1) is 16.3 Å². The molecule has 132 valence electrons. The molecule has 0 bridgehead atoms. The van der Waals surface area contributed by atoms with Gasteiger partial charge in [-0.3, -0.25) is 5.43 Å². The van der Waals surface area contributed by atoms with Crippen LogP contribution in [0.2, 0.25) is 0 Å². The van der Waals surface area contributed by atoms with E-state index in [2.05, 4.69) is 31.4 Å². The molecule has 1 aromatic heterocycles. The van der Waals surface area contributed by atoms with E-state index in [0.717, 1.165) is 6.07 Å². The van der Waals surface area contributed by atoms with Gasteiger partial charge in [0.25, 0.3) is 0 Å². The Morgan fingerprint density at radius 3 is 2.68 bits per heavy atom. The van der Waals surface area contributed by atoms with Crippen LogP contribution < -0.4 is 10.2 Å². The fourth-order valence-corrected chi connectivity index (χ4v) is 2.17. The van der Waals surface area contributed by atoms with E-state index in [4.69, 9.17) is 9.84 Å². The molecule has 2 N–H and O–H groups in total. The number of nitrogens with one attached hydrogen (secondary N) is 1. The lowest BCUT2D eigenvalue weighted by Crippen LogP contribution is -2.09. The number of pyridine rings is 1. The van der Waals surface area contributed by atoms with Crippen LogP contribution in [0.5, 0.6) is 5.75 Å². The summed E-state index contributed by atoms with van der Waals surface area (Å²) in [5.41, 5.74) is 2.32. The highest BCUT2D eigenvalue weighted by Gasteiger charge is 2.30. The summed E-state index contributed by atoms with van der Waals surface area (Å²) in [4.78, 5) is 14.1. The number of anilines is 1. The maximum atomic E-state index is 12.4. The SMILES string of the molecule is O=C(O)COc1ccc(/C=N\Nc2ccc(C(F)(F)F)cn2)cc1Br. The van der Waals surface area contributed by atoms with Gasteiger partial charge in [0.2, 0.25) is 0 Å². The van der Waals surface area contributed by atoms with Gasteiger partial charge in [0.1, 0.15) is 11.6 Å². The molecule has 1 aromatic carbocycles. The maximum absolute atomic E-state index is 12.4. The molecule has 0 aliphatic rings. The minimum Gasteiger partial charge on any atom is -0.481 e. The molecule has 2 aromatic rings. The third-order valence-electron chi connectivity index (χ3n) is 2.79. The monoisotopic (exact) mass is 417 g/mol. The van der Waals surface area contributed by atoms with E-state index in [1.165, 1.54) is 12.3 Å². The van der Waals surface area contributed by atoms with Gasteiger partial charge >= 0.3 is 12.1 Å². The molecule has 10 heteroatoms. The van der Waals surface area contributed by atoms with Gasteiger partial charge in [-0.1, -0.05) is 0 Å². The van der Waals surface area contributed by atoms with E-state index in [-0.39, 0.29) is 5.82 Å². The second-order valence-corrected chi connectivity index (χ2v) is 5.53. The Morgan fingerprint density at radius 1 is 1.36 bits per heavy atom. The molecule has 2 rings (SSSR count). The van der Waals surface area contributed by atoms with Crippen molar-refractivity contribution in [3.8, 4) is 5.75 Å². The molecule has 0 amide bonds. The summed E-state index contributed by atoms with van der Waals surface area (Å²) in [6.07, 6.45) is -2.31. The molecular weight excluding hydrogens is 407 g/mol. The first kappa shape index (κ1) is 18.7. The molecule has 6 nitrogen and oxygen atoms in total. The molecule has 0 aliphatic carbocycles. The Balaban J connectivity index is 1.97. The normalized spacial score (nSPS) is 11.5. The Hall–Kier alpha value is -2.62. The smallest absolute Gasteiger partial charge is 0.417 e. The molecule has 25 heavy (non-hydrogen) atoms. The summed E-state index contributed by atoms with van der Waals surface area (Å²) in [6, 6.07) is 6.90. The molecule has 0 radical (unpaired) electrons. The molecule has 0 fully saturated rings. The van der Waals surface area contributed by atoms with Crippen molar-refractivity contribution in [3.63, 3.8) is 0 Å². The standard InChI is InChI=1S/C15H11BrF3N3O3/c16-11-5-9(1-3-12(11)25-8-14(23)24)6-21-22-13-4-2-10(7-20-13)15(17,18)19/h1-7H,8H2,(H,20,22)(H,23,24)/b21-6-. The number of rotatable bonds is 6. The summed E-state index contributed by atoms with van der Waals surface area (Å²) in [6.45, 7) is -0.465. The van der Waals surface area contributed by atoms with E-state index < -0.39 is 24.3 Å². The van der Waals surface area contributed by atoms with Crippen LogP contribution in [-0.4, -0.2) is 28.9 Å².